The third-order valence-corrected chi connectivity index (χ3v) is 2.90. The number of hydrogen-bond acceptors (Lipinski definition) is 5. The smallest absolute Gasteiger partial charge is 0.335 e. The topological polar surface area (TPSA) is 66.2 Å². The first-order chi connectivity index (χ1) is 11.6. The molecule has 0 bridgehead atoms. The van der Waals surface area contributed by atoms with E-state index < -0.39 is 11.8 Å². The molecule has 0 fully saturated rings. The van der Waals surface area contributed by atoms with Gasteiger partial charge in [0.2, 0.25) is 5.85 Å². The Bertz CT molecular complexity index is 776. The molecule has 0 spiro atoms. The predicted octanol–water partition coefficient (Wildman–Crippen LogP) is 3.76. The monoisotopic (exact) mass is 347 g/mol. The van der Waals surface area contributed by atoms with Gasteiger partial charge in [-0.25, -0.2) is 14.5 Å². The first-order valence-corrected chi connectivity index (χ1v) is 7.92. The van der Waals surface area contributed by atoms with Crippen LogP contribution in [0.25, 0.3) is 17.6 Å². The maximum atomic E-state index is 13.2. The Morgan fingerprint density at radius 3 is 2.68 bits per heavy atom. The molecular formula is C18H22FN3O3. The third kappa shape index (κ3) is 6.02. The summed E-state index contributed by atoms with van der Waals surface area (Å²) in [4.78, 5) is 15.7. The molecular weight excluding hydrogens is 325 g/mol. The molecule has 25 heavy (non-hydrogen) atoms. The van der Waals surface area contributed by atoms with Crippen molar-refractivity contribution in [1.82, 2.24) is 14.8 Å². The van der Waals surface area contributed by atoms with Crippen LogP contribution in [0.5, 0.6) is 5.75 Å². The second-order valence-electron chi connectivity index (χ2n) is 6.35. The lowest BCUT2D eigenvalue weighted by molar-refractivity contribution is -0.167. The van der Waals surface area contributed by atoms with Crippen molar-refractivity contribution in [2.75, 3.05) is 0 Å². The van der Waals surface area contributed by atoms with Gasteiger partial charge in [-0.3, -0.25) is 0 Å². The third-order valence-electron chi connectivity index (χ3n) is 2.90. The molecule has 0 aliphatic rings. The van der Waals surface area contributed by atoms with Crippen LogP contribution >= 0.6 is 0 Å². The maximum Gasteiger partial charge on any atom is 0.335 e. The average molecular weight is 347 g/mol. The van der Waals surface area contributed by atoms with Crippen molar-refractivity contribution < 1.29 is 18.7 Å². The van der Waals surface area contributed by atoms with Crippen LogP contribution in [-0.2, 0) is 9.53 Å². The van der Waals surface area contributed by atoms with Crippen molar-refractivity contribution in [3.8, 4) is 17.1 Å². The van der Waals surface area contributed by atoms with Gasteiger partial charge in [-0.2, -0.15) is 4.39 Å². The van der Waals surface area contributed by atoms with E-state index in [1.807, 2.05) is 39.0 Å². The second-order valence-corrected chi connectivity index (χ2v) is 6.35. The van der Waals surface area contributed by atoms with Gasteiger partial charge in [0.25, 0.3) is 0 Å². The van der Waals surface area contributed by atoms with Gasteiger partial charge in [0, 0.05) is 31.7 Å². The largest absolute Gasteiger partial charge is 0.491 e. The average Bonchev–Trinajstić information content (AvgIpc) is 2.90. The lowest BCUT2D eigenvalue weighted by Crippen LogP contribution is -2.20. The molecule has 7 heteroatoms. The van der Waals surface area contributed by atoms with E-state index in [9.17, 15) is 9.18 Å². The molecule has 0 atom stereocenters. The molecule has 1 heterocycles. The normalized spacial score (nSPS) is 12.0. The van der Waals surface area contributed by atoms with E-state index in [1.165, 1.54) is 17.2 Å². The maximum absolute atomic E-state index is 13.2. The molecule has 0 unspecified atom stereocenters. The first kappa shape index (κ1) is 18.6. The quantitative estimate of drug-likeness (QED) is 0.588. The van der Waals surface area contributed by atoms with Crippen molar-refractivity contribution >= 4 is 12.2 Å². The Morgan fingerprint density at radius 1 is 1.32 bits per heavy atom. The Balaban J connectivity index is 2.16. The van der Waals surface area contributed by atoms with Crippen LogP contribution in [0.4, 0.5) is 4.39 Å². The molecule has 0 saturated carbocycles. The van der Waals surface area contributed by atoms with Crippen LogP contribution in [0.2, 0.25) is 0 Å². The van der Waals surface area contributed by atoms with Gasteiger partial charge in [0.05, 0.1) is 6.10 Å². The van der Waals surface area contributed by atoms with Crippen LogP contribution in [0.15, 0.2) is 30.6 Å². The zero-order chi connectivity index (χ0) is 18.6. The molecule has 2 rings (SSSR count). The number of esters is 1. The van der Waals surface area contributed by atoms with Crippen molar-refractivity contribution in [1.29, 1.82) is 0 Å². The number of carbonyl (C=O) groups is 1. The minimum Gasteiger partial charge on any atom is -0.491 e. The Hall–Kier alpha value is -2.70. The van der Waals surface area contributed by atoms with Crippen molar-refractivity contribution in [2.45, 2.75) is 46.6 Å². The number of rotatable bonds is 6. The minimum absolute atomic E-state index is 0.0638. The predicted molar refractivity (Wildman–Crippen MR) is 92.6 cm³/mol. The standard InChI is InChI=1S/C18H22FN3O3/c1-12(2)24-15-9-13(3)8-14(10-15)17-20-11-22(21-17)7-6-16(23)25-18(4,5)19/h6-12H,1-5H3/b7-6-. The lowest BCUT2D eigenvalue weighted by Gasteiger charge is -2.13. The highest BCUT2D eigenvalue weighted by Gasteiger charge is 2.19. The summed E-state index contributed by atoms with van der Waals surface area (Å²) in [6, 6.07) is 5.74. The van der Waals surface area contributed by atoms with Crippen LogP contribution in [-0.4, -0.2) is 32.7 Å². The minimum atomic E-state index is -2.02. The van der Waals surface area contributed by atoms with Crippen LogP contribution < -0.4 is 4.74 Å². The number of benzene rings is 1. The van der Waals surface area contributed by atoms with Crippen LogP contribution in [0.3, 0.4) is 0 Å². The summed E-state index contributed by atoms with van der Waals surface area (Å²) in [5, 5.41) is 4.27. The summed E-state index contributed by atoms with van der Waals surface area (Å²) in [6.45, 7) is 8.18. The van der Waals surface area contributed by atoms with Crippen LogP contribution in [0, 0.1) is 6.92 Å². The zero-order valence-electron chi connectivity index (χ0n) is 15.0. The molecule has 1 aromatic heterocycles. The summed E-state index contributed by atoms with van der Waals surface area (Å²) in [5.41, 5.74) is 1.82. The molecule has 0 amide bonds. The summed E-state index contributed by atoms with van der Waals surface area (Å²) in [5.74, 6) is -1.59. The highest BCUT2D eigenvalue weighted by atomic mass is 19.2. The summed E-state index contributed by atoms with van der Waals surface area (Å²) in [6.07, 6.45) is 3.95. The highest BCUT2D eigenvalue weighted by Crippen LogP contribution is 2.24. The van der Waals surface area contributed by atoms with E-state index in [-0.39, 0.29) is 6.10 Å². The summed E-state index contributed by atoms with van der Waals surface area (Å²) in [7, 11) is 0. The van der Waals surface area contributed by atoms with Gasteiger partial charge >= 0.3 is 5.97 Å². The Kier molecular flexibility index (Phi) is 5.56. The van der Waals surface area contributed by atoms with Gasteiger partial charge in [-0.1, -0.05) is 0 Å². The summed E-state index contributed by atoms with van der Waals surface area (Å²) < 4.78 is 24.9. The molecule has 0 radical (unpaired) electrons. The SMILES string of the molecule is Cc1cc(OC(C)C)cc(-c2ncn(/C=C\C(=O)OC(C)(C)F)n2)c1. The van der Waals surface area contributed by atoms with E-state index in [0.717, 1.165) is 36.8 Å². The van der Waals surface area contributed by atoms with Crippen molar-refractivity contribution in [2.24, 2.45) is 0 Å². The number of alkyl halides is 1. The highest BCUT2D eigenvalue weighted by molar-refractivity contribution is 5.85. The Labute approximate surface area is 146 Å². The number of aryl methyl sites for hydroxylation is 1. The van der Waals surface area contributed by atoms with Crippen molar-refractivity contribution in [3.05, 3.63) is 36.2 Å². The fraction of sp³-hybridized carbons (Fsp3) is 0.389. The van der Waals surface area contributed by atoms with E-state index in [0.29, 0.717) is 5.82 Å². The molecule has 0 N–H and O–H groups in total. The van der Waals surface area contributed by atoms with Crippen molar-refractivity contribution in [3.63, 3.8) is 0 Å². The number of halogens is 1. The van der Waals surface area contributed by atoms with Gasteiger partial charge in [-0.05, 0) is 44.5 Å². The van der Waals surface area contributed by atoms with Gasteiger partial charge in [0.1, 0.15) is 12.1 Å². The van der Waals surface area contributed by atoms with Gasteiger partial charge < -0.3 is 9.47 Å². The van der Waals surface area contributed by atoms with Gasteiger partial charge in [0.15, 0.2) is 5.82 Å². The second kappa shape index (κ2) is 7.46. The van der Waals surface area contributed by atoms with E-state index >= 15 is 0 Å². The number of ether oxygens (including phenoxy) is 2. The number of carbonyl (C=O) groups excluding carboxylic acids is 1. The fourth-order valence-electron chi connectivity index (χ4n) is 2.11. The molecule has 2 aromatic rings. The Morgan fingerprint density at radius 2 is 2.04 bits per heavy atom. The molecule has 0 aliphatic heterocycles. The molecule has 0 saturated heterocycles. The molecule has 134 valence electrons. The number of hydrogen-bond donors (Lipinski definition) is 0. The summed E-state index contributed by atoms with van der Waals surface area (Å²) >= 11 is 0. The fourth-order valence-corrected chi connectivity index (χ4v) is 2.11. The number of aromatic nitrogens is 3. The lowest BCUT2D eigenvalue weighted by atomic mass is 10.1. The van der Waals surface area contributed by atoms with Crippen LogP contribution in [0.1, 0.15) is 33.3 Å². The molecule has 0 aliphatic carbocycles. The van der Waals surface area contributed by atoms with E-state index in [1.54, 1.807) is 0 Å². The number of nitrogens with zero attached hydrogens (tertiary/aromatic N) is 3. The first-order valence-electron chi connectivity index (χ1n) is 7.92. The molecule has 6 nitrogen and oxygen atoms in total. The van der Waals surface area contributed by atoms with Gasteiger partial charge in [-0.15, -0.1) is 5.10 Å². The zero-order valence-corrected chi connectivity index (χ0v) is 15.0. The molecule has 1 aromatic carbocycles. The van der Waals surface area contributed by atoms with E-state index in [4.69, 9.17) is 4.74 Å². The van der Waals surface area contributed by atoms with E-state index in [2.05, 4.69) is 14.8 Å².